The van der Waals surface area contributed by atoms with Gasteiger partial charge in [-0.1, -0.05) is 267 Å². The summed E-state index contributed by atoms with van der Waals surface area (Å²) in [6.07, 6.45) is 0. The van der Waals surface area contributed by atoms with Crippen LogP contribution < -0.4 is 0 Å². The van der Waals surface area contributed by atoms with Gasteiger partial charge in [0.05, 0.1) is 11.4 Å². The molecule has 0 amide bonds. The summed E-state index contributed by atoms with van der Waals surface area (Å²) >= 11 is 0. The topological polar surface area (TPSA) is 25.8 Å². The van der Waals surface area contributed by atoms with Gasteiger partial charge >= 0.3 is 0 Å². The third kappa shape index (κ3) is 9.55. The van der Waals surface area contributed by atoms with Crippen LogP contribution in [0.15, 0.2) is 303 Å². The smallest absolute Gasteiger partial charge is 0.160 e. The van der Waals surface area contributed by atoms with Gasteiger partial charge in [-0.15, -0.1) is 0 Å². The van der Waals surface area contributed by atoms with E-state index in [-0.39, 0.29) is 0 Å². The summed E-state index contributed by atoms with van der Waals surface area (Å²) in [5.41, 5.74) is 23.6. The molecule has 12 aromatic carbocycles. The van der Waals surface area contributed by atoms with Crippen molar-refractivity contribution in [2.24, 2.45) is 0 Å². The Morgan fingerprint density at radius 1 is 0.171 bits per heavy atom. The fourth-order valence-corrected chi connectivity index (χ4v) is 10.5. The van der Waals surface area contributed by atoms with Crippen LogP contribution in [0.25, 0.3) is 134 Å². The highest BCUT2D eigenvalue weighted by atomic mass is 14.9. The second kappa shape index (κ2) is 20.5. The largest absolute Gasteiger partial charge is 0.228 e. The fourth-order valence-electron chi connectivity index (χ4n) is 10.5. The van der Waals surface area contributed by atoms with E-state index in [4.69, 9.17) is 9.97 Å². The summed E-state index contributed by atoms with van der Waals surface area (Å²) in [5, 5.41) is 2.49. The SMILES string of the molecule is c1ccc(-c2cccc(-c3cccc(-c4ccc(-c5cc(-c6ccc(-c7cccc(-c8cccc(-c9ccccc9)c8)c7)cc6)nc(-c6ccc(-c7cccc(-c8cccc9ccccc89)c7)cc6)n5)cc4)c3)c2)cc1. The van der Waals surface area contributed by atoms with Crippen LogP contribution in [0.3, 0.4) is 0 Å². The summed E-state index contributed by atoms with van der Waals surface area (Å²) < 4.78 is 0. The van der Waals surface area contributed by atoms with E-state index in [1.54, 1.807) is 0 Å². The highest BCUT2D eigenvalue weighted by Gasteiger charge is 2.14. The molecule has 0 N–H and O–H groups in total. The van der Waals surface area contributed by atoms with Crippen molar-refractivity contribution in [3.63, 3.8) is 0 Å². The third-order valence-electron chi connectivity index (χ3n) is 14.5. The van der Waals surface area contributed by atoms with Crippen LogP contribution in [0.5, 0.6) is 0 Å². The molecule has 76 heavy (non-hydrogen) atoms. The second-order valence-corrected chi connectivity index (χ2v) is 19.4. The van der Waals surface area contributed by atoms with Crippen molar-refractivity contribution in [1.29, 1.82) is 0 Å². The first-order valence-electron chi connectivity index (χ1n) is 25.9. The molecule has 0 atom stereocenters. The summed E-state index contributed by atoms with van der Waals surface area (Å²) in [5.74, 6) is 0.674. The predicted octanol–water partition coefficient (Wildman–Crippen LogP) is 20.0. The highest BCUT2D eigenvalue weighted by Crippen LogP contribution is 2.37. The molecule has 0 unspecified atom stereocenters. The third-order valence-corrected chi connectivity index (χ3v) is 14.5. The van der Waals surface area contributed by atoms with Gasteiger partial charge in [-0.2, -0.15) is 0 Å². The summed E-state index contributed by atoms with van der Waals surface area (Å²) in [4.78, 5) is 10.6. The van der Waals surface area contributed by atoms with Crippen molar-refractivity contribution < 1.29 is 0 Å². The van der Waals surface area contributed by atoms with Crippen LogP contribution in [0.2, 0.25) is 0 Å². The maximum atomic E-state index is 5.29. The average Bonchev–Trinajstić information content (AvgIpc) is 3.52. The standard InChI is InChI=1S/C74H50N2/c1-3-15-51(16-4-1)60-21-9-26-65(45-60)67-28-11-23-62(47-67)53-33-39-57(40-34-53)72-50-73(58-41-35-54(36-42-58)63-24-12-29-68(48-63)66-27-10-22-61(46-66)52-17-5-2-6-18-52)76-74(75-72)59-43-37-55(38-44-59)64-25-13-30-69(49-64)71-32-14-20-56-19-7-8-31-70(56)71/h1-50H. The molecule has 0 aliphatic carbocycles. The maximum absolute atomic E-state index is 5.29. The Morgan fingerprint density at radius 3 is 0.868 bits per heavy atom. The van der Waals surface area contributed by atoms with Crippen molar-refractivity contribution >= 4 is 10.8 Å². The zero-order valence-corrected chi connectivity index (χ0v) is 41.8. The van der Waals surface area contributed by atoms with E-state index < -0.39 is 0 Å². The van der Waals surface area contributed by atoms with Gasteiger partial charge in [0.2, 0.25) is 0 Å². The predicted molar refractivity (Wildman–Crippen MR) is 319 cm³/mol. The first kappa shape index (κ1) is 45.8. The number of nitrogens with zero attached hydrogens (tertiary/aromatic N) is 2. The Bertz CT molecular complexity index is 3990. The molecule has 2 heteroatoms. The lowest BCUT2D eigenvalue weighted by atomic mass is 9.95. The van der Waals surface area contributed by atoms with E-state index in [0.29, 0.717) is 5.82 Å². The van der Waals surface area contributed by atoms with Gasteiger partial charge < -0.3 is 0 Å². The van der Waals surface area contributed by atoms with Crippen molar-refractivity contribution in [1.82, 2.24) is 9.97 Å². The molecule has 1 heterocycles. The first-order valence-corrected chi connectivity index (χ1v) is 25.9. The van der Waals surface area contributed by atoms with Crippen molar-refractivity contribution in [3.8, 4) is 123 Å². The summed E-state index contributed by atoms with van der Waals surface area (Å²) in [6, 6.07) is 109. The Balaban J connectivity index is 0.828. The number of hydrogen-bond donors (Lipinski definition) is 0. The number of fused-ring (bicyclic) bond motifs is 1. The van der Waals surface area contributed by atoms with Gasteiger partial charge in [-0.3, -0.25) is 0 Å². The minimum atomic E-state index is 0.674. The van der Waals surface area contributed by atoms with Crippen LogP contribution in [0, 0.1) is 0 Å². The zero-order chi connectivity index (χ0) is 50.6. The number of benzene rings is 12. The molecule has 2 nitrogen and oxygen atoms in total. The van der Waals surface area contributed by atoms with Gasteiger partial charge in [0.15, 0.2) is 5.82 Å². The zero-order valence-electron chi connectivity index (χ0n) is 41.8. The van der Waals surface area contributed by atoms with Crippen LogP contribution in [-0.4, -0.2) is 9.97 Å². The van der Waals surface area contributed by atoms with Crippen LogP contribution >= 0.6 is 0 Å². The van der Waals surface area contributed by atoms with Crippen LogP contribution in [-0.2, 0) is 0 Å². The lowest BCUT2D eigenvalue weighted by molar-refractivity contribution is 1.18. The van der Waals surface area contributed by atoms with Gasteiger partial charge in [0.1, 0.15) is 0 Å². The number of aromatic nitrogens is 2. The quantitative estimate of drug-likeness (QED) is 0.129. The Hall–Kier alpha value is -10.0. The van der Waals surface area contributed by atoms with Crippen LogP contribution in [0.1, 0.15) is 0 Å². The molecule has 0 aliphatic rings. The average molecular weight is 967 g/mol. The highest BCUT2D eigenvalue weighted by molar-refractivity contribution is 5.97. The molecular weight excluding hydrogens is 917 g/mol. The lowest BCUT2D eigenvalue weighted by Gasteiger charge is -2.12. The summed E-state index contributed by atoms with van der Waals surface area (Å²) in [6.45, 7) is 0. The summed E-state index contributed by atoms with van der Waals surface area (Å²) in [7, 11) is 0. The molecule has 0 saturated carbocycles. The monoisotopic (exact) mass is 966 g/mol. The Kier molecular flexibility index (Phi) is 12.3. The molecule has 0 saturated heterocycles. The van der Waals surface area contributed by atoms with E-state index in [1.165, 1.54) is 66.4 Å². The van der Waals surface area contributed by atoms with E-state index in [9.17, 15) is 0 Å². The van der Waals surface area contributed by atoms with Crippen LogP contribution in [0.4, 0.5) is 0 Å². The molecule has 0 bridgehead atoms. The van der Waals surface area contributed by atoms with Gasteiger partial charge in [0.25, 0.3) is 0 Å². The van der Waals surface area contributed by atoms with E-state index in [2.05, 4.69) is 303 Å². The molecule has 1 aromatic heterocycles. The van der Waals surface area contributed by atoms with E-state index in [0.717, 1.165) is 61.5 Å². The Morgan fingerprint density at radius 2 is 0.447 bits per heavy atom. The van der Waals surface area contributed by atoms with Gasteiger partial charge in [-0.05, 0) is 136 Å². The molecule has 0 spiro atoms. The van der Waals surface area contributed by atoms with Gasteiger partial charge in [-0.25, -0.2) is 9.97 Å². The maximum Gasteiger partial charge on any atom is 0.160 e. The Labute approximate surface area is 444 Å². The molecule has 356 valence electrons. The normalized spacial score (nSPS) is 11.2. The first-order chi connectivity index (χ1) is 37.6. The van der Waals surface area contributed by atoms with E-state index >= 15 is 0 Å². The number of hydrogen-bond acceptors (Lipinski definition) is 2. The molecule has 13 rings (SSSR count). The molecule has 0 fully saturated rings. The van der Waals surface area contributed by atoms with Gasteiger partial charge in [0, 0.05) is 16.7 Å². The van der Waals surface area contributed by atoms with E-state index in [1.807, 2.05) is 0 Å². The number of rotatable bonds is 11. The van der Waals surface area contributed by atoms with Crippen molar-refractivity contribution in [3.05, 3.63) is 303 Å². The molecule has 13 aromatic rings. The molecule has 0 aliphatic heterocycles. The molecule has 0 radical (unpaired) electrons. The minimum Gasteiger partial charge on any atom is -0.228 e. The fraction of sp³-hybridized carbons (Fsp3) is 0. The van der Waals surface area contributed by atoms with Crippen molar-refractivity contribution in [2.45, 2.75) is 0 Å². The lowest BCUT2D eigenvalue weighted by Crippen LogP contribution is -1.96. The molecular formula is C74H50N2. The minimum absolute atomic E-state index is 0.674. The van der Waals surface area contributed by atoms with Crippen molar-refractivity contribution in [2.75, 3.05) is 0 Å². The second-order valence-electron chi connectivity index (χ2n) is 19.4.